The molecule has 1 saturated carbocycles. The Labute approximate surface area is 111 Å². The molecular weight excluding hydrogens is 250 g/mol. The minimum absolute atomic E-state index is 0.0218. The van der Waals surface area contributed by atoms with Gasteiger partial charge in [0.15, 0.2) is 0 Å². The Kier molecular flexibility index (Phi) is 4.02. The average Bonchev–Trinajstić information content (AvgIpc) is 2.74. The Hall–Kier alpha value is -1.65. The summed E-state index contributed by atoms with van der Waals surface area (Å²) in [4.78, 5) is 11.9. The number of nitrogens with one attached hydrogen (secondary N) is 2. The van der Waals surface area contributed by atoms with Gasteiger partial charge in [0.2, 0.25) is 0 Å². The zero-order valence-electron chi connectivity index (χ0n) is 11.1. The monoisotopic (exact) mass is 268 g/mol. The minimum atomic E-state index is -0.757. The number of carbonyl (C=O) groups is 1. The highest BCUT2D eigenvalue weighted by Crippen LogP contribution is 2.25. The molecule has 0 aromatic heterocycles. The van der Waals surface area contributed by atoms with Crippen LogP contribution in [0, 0.1) is 17.6 Å². The molecule has 19 heavy (non-hydrogen) atoms. The van der Waals surface area contributed by atoms with Crippen molar-refractivity contribution < 1.29 is 13.6 Å². The van der Waals surface area contributed by atoms with Crippen LogP contribution < -0.4 is 10.6 Å². The predicted molar refractivity (Wildman–Crippen MR) is 70.2 cm³/mol. The highest BCUT2D eigenvalue weighted by atomic mass is 19.1. The Bertz CT molecular complexity index is 467. The molecule has 1 amide bonds. The Morgan fingerprint density at radius 3 is 2.37 bits per heavy atom. The van der Waals surface area contributed by atoms with E-state index in [0.29, 0.717) is 5.92 Å². The molecule has 1 aromatic carbocycles. The van der Waals surface area contributed by atoms with Crippen LogP contribution in [0.5, 0.6) is 0 Å². The summed E-state index contributed by atoms with van der Waals surface area (Å²) in [5.41, 5.74) is -0.195. The van der Waals surface area contributed by atoms with E-state index in [4.69, 9.17) is 0 Å². The van der Waals surface area contributed by atoms with Crippen LogP contribution in [-0.2, 0) is 0 Å². The van der Waals surface area contributed by atoms with Crippen molar-refractivity contribution in [3.8, 4) is 0 Å². The molecule has 2 N–H and O–H groups in total. The average molecular weight is 268 g/mol. The Balaban J connectivity index is 2.11. The van der Waals surface area contributed by atoms with E-state index in [-0.39, 0.29) is 17.3 Å². The standard InChI is InChI=1S/C14H18F2N2O/c1-8-3-4-10(5-8)18-14(19)9-6-11(15)13(17-2)12(16)7-9/h6-8,10,17H,3-5H2,1-2H3,(H,18,19). The molecule has 0 radical (unpaired) electrons. The molecule has 0 aliphatic heterocycles. The number of rotatable bonds is 3. The fourth-order valence-electron chi connectivity index (χ4n) is 2.55. The van der Waals surface area contributed by atoms with E-state index in [1.807, 2.05) is 0 Å². The topological polar surface area (TPSA) is 41.1 Å². The molecule has 1 aliphatic carbocycles. The van der Waals surface area contributed by atoms with Crippen LogP contribution in [0.3, 0.4) is 0 Å². The van der Waals surface area contributed by atoms with Crippen LogP contribution in [0.15, 0.2) is 12.1 Å². The lowest BCUT2D eigenvalue weighted by Crippen LogP contribution is -2.33. The van der Waals surface area contributed by atoms with E-state index < -0.39 is 17.5 Å². The minimum Gasteiger partial charge on any atom is -0.383 e. The van der Waals surface area contributed by atoms with E-state index in [1.165, 1.54) is 7.05 Å². The van der Waals surface area contributed by atoms with Crippen molar-refractivity contribution in [3.63, 3.8) is 0 Å². The van der Waals surface area contributed by atoms with Crippen molar-refractivity contribution in [2.75, 3.05) is 12.4 Å². The first-order valence-electron chi connectivity index (χ1n) is 6.49. The second kappa shape index (κ2) is 5.55. The van der Waals surface area contributed by atoms with Crippen molar-refractivity contribution >= 4 is 11.6 Å². The third-order valence-electron chi connectivity index (χ3n) is 3.58. The van der Waals surface area contributed by atoms with E-state index in [9.17, 15) is 13.6 Å². The van der Waals surface area contributed by atoms with Gasteiger partial charge in [-0.1, -0.05) is 6.92 Å². The molecule has 1 aromatic rings. The second-order valence-corrected chi connectivity index (χ2v) is 5.15. The molecule has 5 heteroatoms. The Morgan fingerprint density at radius 1 is 1.26 bits per heavy atom. The summed E-state index contributed by atoms with van der Waals surface area (Å²) in [7, 11) is 1.43. The molecule has 2 rings (SSSR count). The smallest absolute Gasteiger partial charge is 0.251 e. The molecule has 0 saturated heterocycles. The number of benzene rings is 1. The van der Waals surface area contributed by atoms with Gasteiger partial charge >= 0.3 is 0 Å². The van der Waals surface area contributed by atoms with Gasteiger partial charge in [-0.3, -0.25) is 4.79 Å². The van der Waals surface area contributed by atoms with E-state index >= 15 is 0 Å². The lowest BCUT2D eigenvalue weighted by atomic mass is 10.1. The quantitative estimate of drug-likeness (QED) is 0.885. The zero-order valence-corrected chi connectivity index (χ0v) is 11.1. The largest absolute Gasteiger partial charge is 0.383 e. The normalized spacial score (nSPS) is 22.3. The van der Waals surface area contributed by atoms with Gasteiger partial charge in [-0.15, -0.1) is 0 Å². The molecule has 1 aliphatic rings. The summed E-state index contributed by atoms with van der Waals surface area (Å²) < 4.78 is 27.1. The first kappa shape index (κ1) is 13.8. The highest BCUT2D eigenvalue weighted by Gasteiger charge is 2.24. The van der Waals surface area contributed by atoms with Crippen LogP contribution >= 0.6 is 0 Å². The van der Waals surface area contributed by atoms with Gasteiger partial charge < -0.3 is 10.6 Å². The van der Waals surface area contributed by atoms with Gasteiger partial charge in [0, 0.05) is 18.7 Å². The van der Waals surface area contributed by atoms with E-state index in [1.54, 1.807) is 0 Å². The van der Waals surface area contributed by atoms with Gasteiger partial charge in [0.25, 0.3) is 5.91 Å². The second-order valence-electron chi connectivity index (χ2n) is 5.15. The first-order chi connectivity index (χ1) is 9.01. The molecule has 3 nitrogen and oxygen atoms in total. The number of hydrogen-bond acceptors (Lipinski definition) is 2. The maximum atomic E-state index is 13.6. The number of amides is 1. The molecule has 1 fully saturated rings. The molecule has 0 spiro atoms. The summed E-state index contributed by atoms with van der Waals surface area (Å²) in [6.45, 7) is 2.13. The van der Waals surface area contributed by atoms with Gasteiger partial charge in [-0.25, -0.2) is 8.78 Å². The third kappa shape index (κ3) is 3.03. The van der Waals surface area contributed by atoms with Crippen LogP contribution in [0.1, 0.15) is 36.5 Å². The van der Waals surface area contributed by atoms with Crippen LogP contribution in [0.25, 0.3) is 0 Å². The van der Waals surface area contributed by atoms with Gasteiger partial charge in [0.1, 0.15) is 17.3 Å². The number of anilines is 1. The Morgan fingerprint density at radius 2 is 1.89 bits per heavy atom. The first-order valence-corrected chi connectivity index (χ1v) is 6.49. The SMILES string of the molecule is CNc1c(F)cc(C(=O)NC2CCC(C)C2)cc1F. The predicted octanol–water partition coefficient (Wildman–Crippen LogP) is 2.92. The van der Waals surface area contributed by atoms with Crippen molar-refractivity contribution in [2.45, 2.75) is 32.2 Å². The lowest BCUT2D eigenvalue weighted by molar-refractivity contribution is 0.0936. The van der Waals surface area contributed by atoms with Crippen LogP contribution in [0.2, 0.25) is 0 Å². The molecule has 104 valence electrons. The molecule has 0 heterocycles. The maximum Gasteiger partial charge on any atom is 0.251 e. The van der Waals surface area contributed by atoms with Crippen LogP contribution in [-0.4, -0.2) is 19.0 Å². The summed E-state index contributed by atoms with van der Waals surface area (Å²) in [5, 5.41) is 5.25. The van der Waals surface area contributed by atoms with Gasteiger partial charge in [-0.05, 0) is 37.3 Å². The molecule has 0 bridgehead atoms. The maximum absolute atomic E-state index is 13.6. The van der Waals surface area contributed by atoms with Crippen molar-refractivity contribution in [1.29, 1.82) is 0 Å². The van der Waals surface area contributed by atoms with E-state index in [2.05, 4.69) is 17.6 Å². The van der Waals surface area contributed by atoms with Crippen molar-refractivity contribution in [2.24, 2.45) is 5.92 Å². The zero-order chi connectivity index (χ0) is 14.0. The van der Waals surface area contributed by atoms with Gasteiger partial charge in [0.05, 0.1) is 0 Å². The summed E-state index contributed by atoms with van der Waals surface area (Å²) in [6.07, 6.45) is 2.92. The molecule has 2 atom stereocenters. The summed E-state index contributed by atoms with van der Waals surface area (Å²) in [5.74, 6) is -1.34. The van der Waals surface area contributed by atoms with Crippen LogP contribution in [0.4, 0.5) is 14.5 Å². The highest BCUT2D eigenvalue weighted by molar-refractivity contribution is 5.94. The fraction of sp³-hybridized carbons (Fsp3) is 0.500. The van der Waals surface area contributed by atoms with Crippen molar-refractivity contribution in [3.05, 3.63) is 29.3 Å². The lowest BCUT2D eigenvalue weighted by Gasteiger charge is -2.13. The summed E-state index contributed by atoms with van der Waals surface area (Å²) >= 11 is 0. The number of hydrogen-bond donors (Lipinski definition) is 2. The van der Waals surface area contributed by atoms with Crippen molar-refractivity contribution in [1.82, 2.24) is 5.32 Å². The summed E-state index contributed by atoms with van der Waals surface area (Å²) in [6, 6.07) is 2.23. The fourth-order valence-corrected chi connectivity index (χ4v) is 2.55. The number of halogens is 2. The third-order valence-corrected chi connectivity index (χ3v) is 3.58. The van der Waals surface area contributed by atoms with Gasteiger partial charge in [-0.2, -0.15) is 0 Å². The number of carbonyl (C=O) groups excluding carboxylic acids is 1. The van der Waals surface area contributed by atoms with E-state index in [0.717, 1.165) is 31.4 Å². The molecule has 2 unspecified atom stereocenters. The molecular formula is C14H18F2N2O.